The maximum atomic E-state index is 4.82. The Kier molecular flexibility index (Phi) is 6.04. The van der Waals surface area contributed by atoms with Gasteiger partial charge in [-0.15, -0.1) is 12.4 Å². The van der Waals surface area contributed by atoms with Gasteiger partial charge in [-0.3, -0.25) is 4.90 Å². The first-order chi connectivity index (χ1) is 10.3. The monoisotopic (exact) mass is 319 g/mol. The van der Waals surface area contributed by atoms with Gasteiger partial charge in [-0.05, 0) is 31.0 Å². The van der Waals surface area contributed by atoms with E-state index in [1.54, 1.807) is 0 Å². The van der Waals surface area contributed by atoms with Crippen molar-refractivity contribution in [3.8, 4) is 0 Å². The SMILES string of the molecule is CCC(CC)N1CCN(c2ccc3ccccc3n2)CC1.Cl. The molecule has 1 aliphatic rings. The van der Waals surface area contributed by atoms with E-state index in [1.807, 2.05) is 0 Å². The summed E-state index contributed by atoms with van der Waals surface area (Å²) in [6.45, 7) is 9.07. The lowest BCUT2D eigenvalue weighted by atomic mass is 10.1. The minimum Gasteiger partial charge on any atom is -0.354 e. The van der Waals surface area contributed by atoms with Gasteiger partial charge in [-0.1, -0.05) is 32.0 Å². The van der Waals surface area contributed by atoms with Crippen molar-refractivity contribution < 1.29 is 0 Å². The summed E-state index contributed by atoms with van der Waals surface area (Å²) in [6.07, 6.45) is 2.51. The molecule has 2 aromatic rings. The average molecular weight is 320 g/mol. The number of para-hydroxylation sites is 1. The highest BCUT2D eigenvalue weighted by Crippen LogP contribution is 2.20. The number of hydrogen-bond donors (Lipinski definition) is 0. The van der Waals surface area contributed by atoms with Gasteiger partial charge in [0.1, 0.15) is 5.82 Å². The van der Waals surface area contributed by atoms with Crippen LogP contribution < -0.4 is 4.90 Å². The average Bonchev–Trinajstić information content (AvgIpc) is 2.56. The number of halogens is 1. The number of hydrogen-bond acceptors (Lipinski definition) is 3. The van der Waals surface area contributed by atoms with E-state index < -0.39 is 0 Å². The molecule has 0 radical (unpaired) electrons. The summed E-state index contributed by atoms with van der Waals surface area (Å²) in [7, 11) is 0. The molecule has 3 rings (SSSR count). The van der Waals surface area contributed by atoms with Gasteiger partial charge in [0.15, 0.2) is 0 Å². The van der Waals surface area contributed by atoms with E-state index in [4.69, 9.17) is 4.98 Å². The standard InChI is InChI=1S/C18H25N3.ClH/c1-3-16(4-2)20-11-13-21(14-12-20)18-10-9-15-7-5-6-8-17(15)19-18;/h5-10,16H,3-4,11-14H2,1-2H3;1H. The molecule has 0 N–H and O–H groups in total. The Morgan fingerprint density at radius 2 is 1.64 bits per heavy atom. The van der Waals surface area contributed by atoms with Crippen LogP contribution in [0, 0.1) is 0 Å². The van der Waals surface area contributed by atoms with Crippen LogP contribution >= 0.6 is 12.4 Å². The first-order valence-corrected chi connectivity index (χ1v) is 8.16. The van der Waals surface area contributed by atoms with Gasteiger partial charge in [-0.25, -0.2) is 4.98 Å². The molecule has 0 aliphatic carbocycles. The molecule has 0 saturated carbocycles. The first kappa shape index (κ1) is 17.0. The Balaban J connectivity index is 0.00000176. The molecular weight excluding hydrogens is 294 g/mol. The summed E-state index contributed by atoms with van der Waals surface area (Å²) in [4.78, 5) is 9.87. The van der Waals surface area contributed by atoms with Crippen LogP contribution in [-0.4, -0.2) is 42.1 Å². The summed E-state index contributed by atoms with van der Waals surface area (Å²) in [5.41, 5.74) is 1.09. The summed E-state index contributed by atoms with van der Waals surface area (Å²) < 4.78 is 0. The molecular formula is C18H26ClN3. The molecule has 0 spiro atoms. The topological polar surface area (TPSA) is 19.4 Å². The number of fused-ring (bicyclic) bond motifs is 1. The minimum atomic E-state index is 0. The van der Waals surface area contributed by atoms with E-state index in [-0.39, 0.29) is 12.4 Å². The molecule has 0 unspecified atom stereocenters. The van der Waals surface area contributed by atoms with Crippen LogP contribution in [0.3, 0.4) is 0 Å². The van der Waals surface area contributed by atoms with E-state index in [9.17, 15) is 0 Å². The van der Waals surface area contributed by atoms with Gasteiger partial charge in [0.25, 0.3) is 0 Å². The molecule has 22 heavy (non-hydrogen) atoms. The van der Waals surface area contributed by atoms with Crippen molar-refractivity contribution in [3.63, 3.8) is 0 Å². The van der Waals surface area contributed by atoms with Gasteiger partial charge in [0.05, 0.1) is 5.52 Å². The molecule has 1 aromatic carbocycles. The second-order valence-electron chi connectivity index (χ2n) is 5.86. The summed E-state index contributed by atoms with van der Waals surface area (Å²) >= 11 is 0. The molecule has 1 aliphatic heterocycles. The maximum absolute atomic E-state index is 4.82. The predicted octanol–water partition coefficient (Wildman–Crippen LogP) is 3.97. The van der Waals surface area contributed by atoms with Gasteiger partial charge in [-0.2, -0.15) is 0 Å². The Bertz CT molecular complexity index is 590. The lowest BCUT2D eigenvalue weighted by molar-refractivity contribution is 0.175. The zero-order chi connectivity index (χ0) is 14.7. The van der Waals surface area contributed by atoms with E-state index >= 15 is 0 Å². The van der Waals surface area contributed by atoms with Gasteiger partial charge in [0, 0.05) is 37.6 Å². The van der Waals surface area contributed by atoms with Crippen molar-refractivity contribution in [2.75, 3.05) is 31.1 Å². The van der Waals surface area contributed by atoms with Crippen molar-refractivity contribution >= 4 is 29.1 Å². The lowest BCUT2D eigenvalue weighted by Gasteiger charge is -2.39. The summed E-state index contributed by atoms with van der Waals surface area (Å²) in [6, 6.07) is 13.4. The van der Waals surface area contributed by atoms with Crippen LogP contribution in [0.15, 0.2) is 36.4 Å². The van der Waals surface area contributed by atoms with Gasteiger partial charge in [0.2, 0.25) is 0 Å². The van der Waals surface area contributed by atoms with E-state index in [1.165, 1.54) is 18.2 Å². The molecule has 1 saturated heterocycles. The zero-order valence-corrected chi connectivity index (χ0v) is 14.4. The number of nitrogens with zero attached hydrogens (tertiary/aromatic N) is 3. The van der Waals surface area contributed by atoms with Crippen LogP contribution in [0.4, 0.5) is 5.82 Å². The fraction of sp³-hybridized carbons (Fsp3) is 0.500. The Labute approximate surface area is 139 Å². The fourth-order valence-corrected chi connectivity index (χ4v) is 3.35. The molecule has 1 aromatic heterocycles. The number of aromatic nitrogens is 1. The number of rotatable bonds is 4. The number of anilines is 1. The van der Waals surface area contributed by atoms with Crippen molar-refractivity contribution in [3.05, 3.63) is 36.4 Å². The van der Waals surface area contributed by atoms with Crippen molar-refractivity contribution in [2.24, 2.45) is 0 Å². The zero-order valence-electron chi connectivity index (χ0n) is 13.5. The van der Waals surface area contributed by atoms with Crippen LogP contribution in [0.1, 0.15) is 26.7 Å². The highest BCUT2D eigenvalue weighted by Gasteiger charge is 2.22. The highest BCUT2D eigenvalue weighted by molar-refractivity contribution is 5.85. The number of benzene rings is 1. The molecule has 1 fully saturated rings. The Morgan fingerprint density at radius 3 is 2.32 bits per heavy atom. The number of pyridine rings is 1. The molecule has 0 amide bonds. The second-order valence-corrected chi connectivity index (χ2v) is 5.86. The predicted molar refractivity (Wildman–Crippen MR) is 97.1 cm³/mol. The quantitative estimate of drug-likeness (QED) is 0.850. The van der Waals surface area contributed by atoms with Crippen LogP contribution in [0.2, 0.25) is 0 Å². The fourth-order valence-electron chi connectivity index (χ4n) is 3.35. The Hall–Kier alpha value is -1.32. The normalized spacial score (nSPS) is 16.0. The van der Waals surface area contributed by atoms with Crippen molar-refractivity contribution in [1.82, 2.24) is 9.88 Å². The molecule has 120 valence electrons. The molecule has 4 heteroatoms. The number of piperazine rings is 1. The van der Waals surface area contributed by atoms with Gasteiger partial charge >= 0.3 is 0 Å². The van der Waals surface area contributed by atoms with E-state index in [2.05, 4.69) is 60.0 Å². The third-order valence-electron chi connectivity index (χ3n) is 4.68. The smallest absolute Gasteiger partial charge is 0.129 e. The van der Waals surface area contributed by atoms with Crippen LogP contribution in [-0.2, 0) is 0 Å². The molecule has 3 nitrogen and oxygen atoms in total. The second kappa shape index (κ2) is 7.80. The largest absolute Gasteiger partial charge is 0.354 e. The summed E-state index contributed by atoms with van der Waals surface area (Å²) in [5.74, 6) is 1.12. The summed E-state index contributed by atoms with van der Waals surface area (Å²) in [5, 5.41) is 1.22. The Morgan fingerprint density at radius 1 is 0.955 bits per heavy atom. The van der Waals surface area contributed by atoms with Crippen LogP contribution in [0.25, 0.3) is 10.9 Å². The maximum Gasteiger partial charge on any atom is 0.129 e. The van der Waals surface area contributed by atoms with Gasteiger partial charge < -0.3 is 4.90 Å². The van der Waals surface area contributed by atoms with Crippen molar-refractivity contribution in [1.29, 1.82) is 0 Å². The molecule has 2 heterocycles. The van der Waals surface area contributed by atoms with E-state index in [0.717, 1.165) is 43.6 Å². The van der Waals surface area contributed by atoms with E-state index in [0.29, 0.717) is 0 Å². The highest BCUT2D eigenvalue weighted by atomic mass is 35.5. The lowest BCUT2D eigenvalue weighted by Crippen LogP contribution is -2.50. The minimum absolute atomic E-state index is 0. The first-order valence-electron chi connectivity index (χ1n) is 8.16. The molecule has 0 atom stereocenters. The molecule has 0 bridgehead atoms. The third-order valence-corrected chi connectivity index (χ3v) is 4.68. The van der Waals surface area contributed by atoms with Crippen molar-refractivity contribution in [2.45, 2.75) is 32.7 Å². The third kappa shape index (κ3) is 3.53. The van der Waals surface area contributed by atoms with Crippen LogP contribution in [0.5, 0.6) is 0 Å².